The Bertz CT molecular complexity index is 654. The van der Waals surface area contributed by atoms with Gasteiger partial charge in [-0.05, 0) is 42.7 Å². The fourth-order valence-electron chi connectivity index (χ4n) is 2.11. The number of H-pyrrole nitrogens is 1. The molecule has 0 radical (unpaired) electrons. The number of fused-ring (bicyclic) bond motifs is 1. The lowest BCUT2D eigenvalue weighted by molar-refractivity contribution is -0.344. The number of rotatable bonds is 3. The average Bonchev–Trinajstić information content (AvgIpc) is 2.44. The van der Waals surface area contributed by atoms with Crippen molar-refractivity contribution in [3.8, 4) is 0 Å². The third kappa shape index (κ3) is 2.81. The van der Waals surface area contributed by atoms with Gasteiger partial charge in [-0.25, -0.2) is 4.98 Å². The van der Waals surface area contributed by atoms with E-state index in [4.69, 9.17) is 5.73 Å². The number of allylic oxidation sites excluding steroid dienone is 1. The van der Waals surface area contributed by atoms with Gasteiger partial charge in [0.1, 0.15) is 0 Å². The highest BCUT2D eigenvalue weighted by molar-refractivity contribution is 6.00. The van der Waals surface area contributed by atoms with E-state index in [0.717, 1.165) is 28.9 Å². The average molecular weight is 254 g/mol. The summed E-state index contributed by atoms with van der Waals surface area (Å²) in [5, 5.41) is 1.20. The number of aromatic nitrogens is 1. The summed E-state index contributed by atoms with van der Waals surface area (Å²) >= 11 is 0. The van der Waals surface area contributed by atoms with Crippen molar-refractivity contribution in [1.29, 1.82) is 0 Å². The van der Waals surface area contributed by atoms with Gasteiger partial charge in [-0.2, -0.15) is 0 Å². The summed E-state index contributed by atoms with van der Waals surface area (Å²) in [5.74, 6) is 0. The predicted octanol–water partition coefficient (Wildman–Crippen LogP) is 2.74. The van der Waals surface area contributed by atoms with Crippen LogP contribution in [0.25, 0.3) is 16.6 Å². The van der Waals surface area contributed by atoms with Crippen LogP contribution >= 0.6 is 0 Å². The smallest absolute Gasteiger partial charge is 0.211 e. The molecule has 3 heteroatoms. The summed E-state index contributed by atoms with van der Waals surface area (Å²) in [6.45, 7) is 4.18. The van der Waals surface area contributed by atoms with E-state index in [1.807, 2.05) is 18.3 Å². The van der Waals surface area contributed by atoms with Crippen molar-refractivity contribution in [3.63, 3.8) is 0 Å². The second-order valence-corrected chi connectivity index (χ2v) is 4.59. The molecule has 2 aromatic rings. The Morgan fingerprint density at radius 2 is 2.16 bits per heavy atom. The molecule has 0 unspecified atom stereocenters. The van der Waals surface area contributed by atoms with Crippen LogP contribution in [0.3, 0.4) is 0 Å². The van der Waals surface area contributed by atoms with Gasteiger partial charge in [0.15, 0.2) is 6.20 Å². The monoisotopic (exact) mass is 254 g/mol. The molecule has 0 saturated carbocycles. The first-order chi connectivity index (χ1) is 9.15. The Morgan fingerprint density at radius 1 is 1.37 bits per heavy atom. The summed E-state index contributed by atoms with van der Waals surface area (Å²) in [7, 11) is 1.79. The maximum atomic E-state index is 6.16. The van der Waals surface area contributed by atoms with E-state index in [1.165, 1.54) is 10.9 Å². The topological polar surface area (TPSA) is 52.5 Å². The van der Waals surface area contributed by atoms with Crippen molar-refractivity contribution in [2.24, 2.45) is 10.7 Å². The molecule has 19 heavy (non-hydrogen) atoms. The molecule has 1 aromatic heterocycles. The molecule has 3 nitrogen and oxygen atoms in total. The molecule has 98 valence electrons. The van der Waals surface area contributed by atoms with E-state index < -0.39 is 0 Å². The zero-order valence-corrected chi connectivity index (χ0v) is 11.7. The number of aliphatic imine (C=N–C) groups is 1. The molecule has 0 bridgehead atoms. The van der Waals surface area contributed by atoms with Crippen molar-refractivity contribution < 1.29 is 4.98 Å². The SMILES string of the molecule is CCC(/C=C(\N)c1ccc2[nH+]ccc(C)c2c1)=NC. The van der Waals surface area contributed by atoms with E-state index in [-0.39, 0.29) is 0 Å². The molecule has 1 heterocycles. The fourth-order valence-corrected chi connectivity index (χ4v) is 2.11. The van der Waals surface area contributed by atoms with E-state index in [0.29, 0.717) is 0 Å². The Balaban J connectivity index is 2.49. The van der Waals surface area contributed by atoms with E-state index in [2.05, 4.69) is 42.0 Å². The highest BCUT2D eigenvalue weighted by Gasteiger charge is 2.06. The Hall–Kier alpha value is -2.16. The zero-order valence-electron chi connectivity index (χ0n) is 11.7. The number of pyridine rings is 1. The zero-order chi connectivity index (χ0) is 13.8. The number of hydrogen-bond donors (Lipinski definition) is 1. The minimum absolute atomic E-state index is 0.757. The predicted molar refractivity (Wildman–Crippen MR) is 81.1 cm³/mol. The van der Waals surface area contributed by atoms with Crippen molar-refractivity contribution >= 4 is 22.3 Å². The van der Waals surface area contributed by atoms with Crippen LogP contribution in [-0.2, 0) is 0 Å². The molecular formula is C16H20N3+. The van der Waals surface area contributed by atoms with Crippen molar-refractivity contribution in [2.45, 2.75) is 20.3 Å². The molecule has 0 aliphatic heterocycles. The summed E-state index contributed by atoms with van der Waals surface area (Å²) < 4.78 is 0. The third-order valence-corrected chi connectivity index (χ3v) is 3.32. The van der Waals surface area contributed by atoms with Gasteiger partial charge < -0.3 is 5.73 Å². The molecule has 0 fully saturated rings. The van der Waals surface area contributed by atoms with Gasteiger partial charge in [-0.1, -0.05) is 6.92 Å². The van der Waals surface area contributed by atoms with Gasteiger partial charge in [-0.3, -0.25) is 4.99 Å². The molecule has 0 aliphatic carbocycles. The molecule has 0 spiro atoms. The second-order valence-electron chi connectivity index (χ2n) is 4.59. The number of aryl methyl sites for hydroxylation is 1. The summed E-state index contributed by atoms with van der Waals surface area (Å²) in [6.07, 6.45) is 4.79. The van der Waals surface area contributed by atoms with Gasteiger partial charge in [0.2, 0.25) is 5.52 Å². The number of nitrogens with zero attached hydrogens (tertiary/aromatic N) is 1. The maximum Gasteiger partial charge on any atom is 0.211 e. The fraction of sp³-hybridized carbons (Fsp3) is 0.250. The normalized spacial score (nSPS) is 13.0. The van der Waals surface area contributed by atoms with Crippen LogP contribution in [0.2, 0.25) is 0 Å². The minimum Gasteiger partial charge on any atom is -0.398 e. The molecule has 1 aromatic carbocycles. The second kappa shape index (κ2) is 5.65. The lowest BCUT2D eigenvalue weighted by atomic mass is 10.0. The van der Waals surface area contributed by atoms with Crippen LogP contribution in [0, 0.1) is 6.92 Å². The van der Waals surface area contributed by atoms with Crippen LogP contribution < -0.4 is 10.7 Å². The first-order valence-corrected chi connectivity index (χ1v) is 6.50. The van der Waals surface area contributed by atoms with E-state index >= 15 is 0 Å². The maximum absolute atomic E-state index is 6.16. The molecule has 0 atom stereocenters. The van der Waals surface area contributed by atoms with Gasteiger partial charge in [0.05, 0.1) is 0 Å². The molecule has 0 amide bonds. The Kier molecular flexibility index (Phi) is 3.95. The van der Waals surface area contributed by atoms with Crippen molar-refractivity contribution in [1.82, 2.24) is 0 Å². The van der Waals surface area contributed by atoms with Crippen LogP contribution in [0.5, 0.6) is 0 Å². The summed E-state index contributed by atoms with van der Waals surface area (Å²) in [5.41, 5.74) is 11.3. The molecule has 0 aliphatic rings. The number of nitrogens with two attached hydrogens (primary N) is 1. The lowest BCUT2D eigenvalue weighted by Gasteiger charge is -2.04. The molecule has 0 saturated heterocycles. The van der Waals surface area contributed by atoms with Crippen molar-refractivity contribution in [3.05, 3.63) is 47.7 Å². The number of hydrogen-bond acceptors (Lipinski definition) is 2. The largest absolute Gasteiger partial charge is 0.398 e. The van der Waals surface area contributed by atoms with E-state index in [9.17, 15) is 0 Å². The quantitative estimate of drug-likeness (QED) is 0.841. The van der Waals surface area contributed by atoms with Crippen LogP contribution in [0.4, 0.5) is 0 Å². The summed E-state index contributed by atoms with van der Waals surface area (Å²) in [6, 6.07) is 8.28. The lowest BCUT2D eigenvalue weighted by Crippen LogP contribution is -2.05. The van der Waals surface area contributed by atoms with Gasteiger partial charge >= 0.3 is 0 Å². The first-order valence-electron chi connectivity index (χ1n) is 6.50. The standard InChI is InChI=1S/C16H19N3/c1-4-13(18-3)10-15(17)12-5-6-16-14(9-12)11(2)7-8-19-16/h5-10H,4,17H2,1-3H3/p+1/b15-10-,18-13?. The number of nitrogens with one attached hydrogen (secondary N) is 1. The van der Waals surface area contributed by atoms with Gasteiger partial charge in [0, 0.05) is 36.0 Å². The first kappa shape index (κ1) is 13.3. The van der Waals surface area contributed by atoms with Gasteiger partial charge in [-0.15, -0.1) is 0 Å². The summed E-state index contributed by atoms with van der Waals surface area (Å²) in [4.78, 5) is 7.44. The van der Waals surface area contributed by atoms with Crippen LogP contribution in [-0.4, -0.2) is 12.8 Å². The highest BCUT2D eigenvalue weighted by Crippen LogP contribution is 2.19. The molecular weight excluding hydrogens is 234 g/mol. The Labute approximate surface area is 113 Å². The highest BCUT2D eigenvalue weighted by atomic mass is 14.7. The van der Waals surface area contributed by atoms with Crippen molar-refractivity contribution in [2.75, 3.05) is 7.05 Å². The van der Waals surface area contributed by atoms with Crippen LogP contribution in [0.1, 0.15) is 24.5 Å². The molecule has 3 N–H and O–H groups in total. The minimum atomic E-state index is 0.757. The number of benzene rings is 1. The Morgan fingerprint density at radius 3 is 2.84 bits per heavy atom. The van der Waals surface area contributed by atoms with Gasteiger partial charge in [0.25, 0.3) is 0 Å². The van der Waals surface area contributed by atoms with Crippen LogP contribution in [0.15, 0.2) is 41.5 Å². The number of aromatic amines is 1. The molecule has 2 rings (SSSR count). The third-order valence-electron chi connectivity index (χ3n) is 3.32. The van der Waals surface area contributed by atoms with E-state index in [1.54, 1.807) is 7.05 Å².